The maximum Gasteiger partial charge on any atom is 0.331 e. The molecule has 6 heteroatoms. The third-order valence-electron chi connectivity index (χ3n) is 3.10. The molecule has 2 N–H and O–H groups in total. The highest BCUT2D eigenvalue weighted by Gasteiger charge is 2.39. The monoisotopic (exact) mass is 292 g/mol. The zero-order chi connectivity index (χ0) is 15.4. The Labute approximate surface area is 121 Å². The summed E-state index contributed by atoms with van der Waals surface area (Å²) in [7, 11) is 0. The Morgan fingerprint density at radius 3 is 2.57 bits per heavy atom. The normalized spacial score (nSPS) is 24.0. The molecule has 0 saturated heterocycles. The van der Waals surface area contributed by atoms with Gasteiger partial charge in [0.25, 0.3) is 0 Å². The van der Waals surface area contributed by atoms with Crippen LogP contribution in [-0.4, -0.2) is 40.5 Å². The smallest absolute Gasteiger partial charge is 0.331 e. The summed E-state index contributed by atoms with van der Waals surface area (Å²) in [5, 5.41) is 20.4. The highest BCUT2D eigenvalue weighted by Crippen LogP contribution is 2.25. The fourth-order valence-electron chi connectivity index (χ4n) is 2.11. The number of carbonyl (C=O) groups excluding carboxylic acids is 2. The second-order valence-corrected chi connectivity index (χ2v) is 4.68. The second-order valence-electron chi connectivity index (χ2n) is 4.68. The van der Waals surface area contributed by atoms with E-state index in [1.807, 2.05) is 0 Å². The maximum atomic E-state index is 11.3. The van der Waals surface area contributed by atoms with Gasteiger partial charge in [0.2, 0.25) is 0 Å². The van der Waals surface area contributed by atoms with Gasteiger partial charge in [-0.2, -0.15) is 0 Å². The predicted octanol–water partition coefficient (Wildman–Crippen LogP) is 0.494. The van der Waals surface area contributed by atoms with Crippen LogP contribution in [0.25, 0.3) is 0 Å². The van der Waals surface area contributed by atoms with E-state index in [1.54, 1.807) is 30.3 Å². The van der Waals surface area contributed by atoms with Gasteiger partial charge in [0.05, 0.1) is 0 Å². The molecule has 6 nitrogen and oxygen atoms in total. The van der Waals surface area contributed by atoms with Gasteiger partial charge < -0.3 is 19.7 Å². The lowest BCUT2D eigenvalue weighted by Gasteiger charge is -2.32. The van der Waals surface area contributed by atoms with Gasteiger partial charge in [-0.1, -0.05) is 30.3 Å². The molecule has 0 bridgehead atoms. The largest absolute Gasteiger partial charge is 0.454 e. The van der Waals surface area contributed by atoms with Gasteiger partial charge in [-0.3, -0.25) is 4.79 Å². The first-order valence-corrected chi connectivity index (χ1v) is 6.46. The summed E-state index contributed by atoms with van der Waals surface area (Å²) in [6.45, 7) is 1.21. The van der Waals surface area contributed by atoms with Crippen LogP contribution < -0.4 is 0 Å². The molecule has 4 atom stereocenters. The van der Waals surface area contributed by atoms with E-state index in [9.17, 15) is 19.8 Å². The number of aliphatic hydroxyl groups is 2. The molecule has 0 radical (unpaired) electrons. The predicted molar refractivity (Wildman–Crippen MR) is 72.0 cm³/mol. The number of rotatable bonds is 4. The van der Waals surface area contributed by atoms with E-state index in [2.05, 4.69) is 0 Å². The number of carbonyl (C=O) groups is 2. The summed E-state index contributed by atoms with van der Waals surface area (Å²) in [4.78, 5) is 22.4. The van der Waals surface area contributed by atoms with Crippen molar-refractivity contribution < 1.29 is 29.3 Å². The first kappa shape index (κ1) is 15.2. The molecule has 0 amide bonds. The van der Waals surface area contributed by atoms with E-state index < -0.39 is 36.4 Å². The van der Waals surface area contributed by atoms with Crippen LogP contribution in [0.1, 0.15) is 18.6 Å². The standard InChI is InChI=1S/C15H16O6/c1-9(16)20-11-7-8-12(17)21-15(11)14(19)13(18)10-5-3-2-4-6-10/h2-8,11,13-15,18-19H,1H3/t11-,13+,14-,15-/m0/s1. The topological polar surface area (TPSA) is 93.1 Å². The van der Waals surface area contributed by atoms with Crippen molar-refractivity contribution in [3.8, 4) is 0 Å². The number of cyclic esters (lactones) is 1. The van der Waals surface area contributed by atoms with E-state index in [0.717, 1.165) is 6.08 Å². The molecular weight excluding hydrogens is 276 g/mol. The quantitative estimate of drug-likeness (QED) is 0.785. The number of esters is 2. The van der Waals surface area contributed by atoms with Crippen LogP contribution in [0.2, 0.25) is 0 Å². The van der Waals surface area contributed by atoms with Gasteiger partial charge in [-0.05, 0) is 11.6 Å². The van der Waals surface area contributed by atoms with Gasteiger partial charge in [-0.15, -0.1) is 0 Å². The summed E-state index contributed by atoms with van der Waals surface area (Å²) in [5.41, 5.74) is 0.470. The van der Waals surface area contributed by atoms with Crippen LogP contribution in [0.15, 0.2) is 42.5 Å². The molecule has 0 saturated carbocycles. The summed E-state index contributed by atoms with van der Waals surface area (Å²) >= 11 is 0. The zero-order valence-electron chi connectivity index (χ0n) is 11.4. The van der Waals surface area contributed by atoms with Crippen molar-refractivity contribution >= 4 is 11.9 Å². The zero-order valence-corrected chi connectivity index (χ0v) is 11.4. The fourth-order valence-corrected chi connectivity index (χ4v) is 2.11. The molecule has 0 aliphatic carbocycles. The Balaban J connectivity index is 2.18. The number of aliphatic hydroxyl groups excluding tert-OH is 2. The Kier molecular flexibility index (Phi) is 4.72. The molecule has 21 heavy (non-hydrogen) atoms. The lowest BCUT2D eigenvalue weighted by atomic mass is 9.96. The van der Waals surface area contributed by atoms with E-state index in [1.165, 1.54) is 13.0 Å². The number of hydrogen-bond donors (Lipinski definition) is 2. The Hall–Kier alpha value is -2.18. The van der Waals surface area contributed by atoms with Gasteiger partial charge in [0, 0.05) is 13.0 Å². The van der Waals surface area contributed by atoms with Crippen LogP contribution in [0.5, 0.6) is 0 Å². The van der Waals surface area contributed by atoms with Crippen LogP contribution in [-0.2, 0) is 19.1 Å². The van der Waals surface area contributed by atoms with Gasteiger partial charge in [0.1, 0.15) is 12.2 Å². The Bertz CT molecular complexity index is 538. The second kappa shape index (κ2) is 6.51. The van der Waals surface area contributed by atoms with E-state index in [4.69, 9.17) is 9.47 Å². The lowest BCUT2D eigenvalue weighted by Crippen LogP contribution is -2.46. The van der Waals surface area contributed by atoms with Crippen molar-refractivity contribution in [1.82, 2.24) is 0 Å². The molecule has 112 valence electrons. The minimum Gasteiger partial charge on any atom is -0.454 e. The minimum absolute atomic E-state index is 0.470. The Morgan fingerprint density at radius 1 is 1.29 bits per heavy atom. The molecule has 1 heterocycles. The van der Waals surface area contributed by atoms with Crippen molar-refractivity contribution in [2.75, 3.05) is 0 Å². The van der Waals surface area contributed by atoms with Gasteiger partial charge in [-0.25, -0.2) is 4.79 Å². The van der Waals surface area contributed by atoms with E-state index in [-0.39, 0.29) is 0 Å². The van der Waals surface area contributed by atoms with Crippen LogP contribution >= 0.6 is 0 Å². The third-order valence-corrected chi connectivity index (χ3v) is 3.10. The molecule has 1 aliphatic heterocycles. The number of ether oxygens (including phenoxy) is 2. The lowest BCUT2D eigenvalue weighted by molar-refractivity contribution is -0.177. The van der Waals surface area contributed by atoms with Crippen molar-refractivity contribution in [3.63, 3.8) is 0 Å². The van der Waals surface area contributed by atoms with Gasteiger partial charge >= 0.3 is 11.9 Å². The molecule has 1 aliphatic rings. The molecular formula is C15H16O6. The van der Waals surface area contributed by atoms with Crippen molar-refractivity contribution in [2.24, 2.45) is 0 Å². The summed E-state index contributed by atoms with van der Waals surface area (Å²) in [6, 6.07) is 8.46. The van der Waals surface area contributed by atoms with E-state index >= 15 is 0 Å². The fraction of sp³-hybridized carbons (Fsp3) is 0.333. The number of hydrogen-bond acceptors (Lipinski definition) is 6. The summed E-state index contributed by atoms with van der Waals surface area (Å²) in [5.74, 6) is -1.24. The average Bonchev–Trinajstić information content (AvgIpc) is 2.48. The van der Waals surface area contributed by atoms with E-state index in [0.29, 0.717) is 5.56 Å². The van der Waals surface area contributed by atoms with Crippen LogP contribution in [0.3, 0.4) is 0 Å². The molecule has 0 fully saturated rings. The minimum atomic E-state index is -1.43. The molecule has 0 spiro atoms. The van der Waals surface area contributed by atoms with Crippen molar-refractivity contribution in [2.45, 2.75) is 31.3 Å². The Morgan fingerprint density at radius 2 is 1.95 bits per heavy atom. The average molecular weight is 292 g/mol. The number of benzene rings is 1. The maximum absolute atomic E-state index is 11.3. The highest BCUT2D eigenvalue weighted by atomic mass is 16.6. The first-order valence-electron chi connectivity index (χ1n) is 6.46. The van der Waals surface area contributed by atoms with Gasteiger partial charge in [0.15, 0.2) is 12.2 Å². The van der Waals surface area contributed by atoms with Crippen LogP contribution in [0, 0.1) is 0 Å². The first-order chi connectivity index (χ1) is 9.99. The SMILES string of the molecule is CC(=O)O[C@H]1C=CC(=O)O[C@@H]1[C@@H](O)[C@H](O)c1ccccc1. The molecule has 1 aromatic carbocycles. The third kappa shape index (κ3) is 3.68. The van der Waals surface area contributed by atoms with Crippen LogP contribution in [0.4, 0.5) is 0 Å². The molecule has 0 aromatic heterocycles. The molecule has 2 rings (SSSR count). The summed E-state index contributed by atoms with van der Waals surface area (Å²) < 4.78 is 9.98. The van der Waals surface area contributed by atoms with Crippen molar-refractivity contribution in [1.29, 1.82) is 0 Å². The highest BCUT2D eigenvalue weighted by molar-refractivity contribution is 5.83. The van der Waals surface area contributed by atoms with Crippen molar-refractivity contribution in [3.05, 3.63) is 48.0 Å². The molecule has 0 unspecified atom stereocenters. The summed E-state index contributed by atoms with van der Waals surface area (Å²) in [6.07, 6.45) is -2.35. The molecule has 1 aromatic rings.